The molecule has 11 heteroatoms. The van der Waals surface area contributed by atoms with Crippen molar-refractivity contribution in [2.24, 2.45) is 5.92 Å². The highest BCUT2D eigenvalue weighted by Crippen LogP contribution is 2.32. The van der Waals surface area contributed by atoms with Gasteiger partial charge in [-0.25, -0.2) is 17.8 Å². The monoisotopic (exact) mass is 532 g/mol. The summed E-state index contributed by atoms with van der Waals surface area (Å²) in [5.74, 6) is -0.0289. The van der Waals surface area contributed by atoms with E-state index in [0.29, 0.717) is 52.2 Å². The minimum absolute atomic E-state index is 0.000637. The average Bonchev–Trinajstić information content (AvgIpc) is 3.32. The number of hydrogen-bond donors (Lipinski definition) is 0. The summed E-state index contributed by atoms with van der Waals surface area (Å²) >= 11 is 1.62. The number of nitrogens with zero attached hydrogens (tertiary/aromatic N) is 4. The summed E-state index contributed by atoms with van der Waals surface area (Å²) in [7, 11) is -3.77. The number of hydrogen-bond acceptors (Lipinski definition) is 7. The van der Waals surface area contributed by atoms with E-state index in [4.69, 9.17) is 9.72 Å². The molecule has 0 saturated carbocycles. The molecular weight excluding hydrogens is 503 g/mol. The van der Waals surface area contributed by atoms with Crippen molar-refractivity contribution >= 4 is 42.6 Å². The highest BCUT2D eigenvalue weighted by molar-refractivity contribution is 7.89. The molecule has 0 radical (unpaired) electrons. The fourth-order valence-corrected chi connectivity index (χ4v) is 7.35. The third-order valence-electron chi connectivity index (χ3n) is 6.71. The van der Waals surface area contributed by atoms with Crippen molar-refractivity contribution in [1.82, 2.24) is 14.2 Å². The minimum Gasteiger partial charge on any atom is -0.494 e. The molecule has 0 aliphatic carbocycles. The Morgan fingerprint density at radius 3 is 2.58 bits per heavy atom. The summed E-state index contributed by atoms with van der Waals surface area (Å²) in [5, 5.41) is 0.931. The number of benzene rings is 2. The van der Waals surface area contributed by atoms with Gasteiger partial charge >= 0.3 is 0 Å². The number of piperidine rings is 1. The molecule has 0 bridgehead atoms. The number of piperazine rings is 1. The molecule has 1 unspecified atom stereocenters. The lowest BCUT2D eigenvalue weighted by Gasteiger charge is -2.38. The van der Waals surface area contributed by atoms with Gasteiger partial charge in [0.2, 0.25) is 15.9 Å². The number of carbonyl (C=O) groups is 1. The molecular formula is C25H29FN4O4S2. The van der Waals surface area contributed by atoms with Gasteiger partial charge in [0, 0.05) is 39.3 Å². The second kappa shape index (κ2) is 10.3. The van der Waals surface area contributed by atoms with Gasteiger partial charge in [0.05, 0.1) is 27.6 Å². The Morgan fingerprint density at radius 2 is 1.86 bits per heavy atom. The van der Waals surface area contributed by atoms with Gasteiger partial charge in [0.15, 0.2) is 5.13 Å². The van der Waals surface area contributed by atoms with Crippen molar-refractivity contribution in [2.45, 2.75) is 24.7 Å². The predicted octanol–water partition coefficient (Wildman–Crippen LogP) is 3.58. The summed E-state index contributed by atoms with van der Waals surface area (Å²) in [6, 6.07) is 10.7. The Labute approximate surface area is 214 Å². The van der Waals surface area contributed by atoms with Crippen LogP contribution >= 0.6 is 11.3 Å². The summed E-state index contributed by atoms with van der Waals surface area (Å²) in [4.78, 5) is 22.1. The van der Waals surface area contributed by atoms with Crippen LogP contribution in [0.3, 0.4) is 0 Å². The maximum atomic E-state index is 13.3. The van der Waals surface area contributed by atoms with E-state index in [1.54, 1.807) is 11.3 Å². The lowest BCUT2D eigenvalue weighted by molar-refractivity contribution is -0.137. The number of carbonyl (C=O) groups excluding carboxylic acids is 1. The number of amides is 1. The second-order valence-corrected chi connectivity index (χ2v) is 12.0. The summed E-state index contributed by atoms with van der Waals surface area (Å²) in [6.45, 7) is 5.57. The van der Waals surface area contributed by atoms with E-state index in [9.17, 15) is 17.6 Å². The van der Waals surface area contributed by atoms with Crippen LogP contribution in [-0.4, -0.2) is 74.4 Å². The molecule has 36 heavy (non-hydrogen) atoms. The number of anilines is 1. The largest absolute Gasteiger partial charge is 0.494 e. The van der Waals surface area contributed by atoms with Gasteiger partial charge in [0.1, 0.15) is 11.6 Å². The van der Waals surface area contributed by atoms with Crippen LogP contribution in [0.4, 0.5) is 9.52 Å². The molecule has 5 rings (SSSR count). The van der Waals surface area contributed by atoms with Crippen LogP contribution in [0.2, 0.25) is 0 Å². The van der Waals surface area contributed by atoms with Crippen LogP contribution in [0, 0.1) is 11.7 Å². The van der Waals surface area contributed by atoms with Crippen molar-refractivity contribution in [1.29, 1.82) is 0 Å². The smallest absolute Gasteiger partial charge is 0.243 e. The molecule has 0 spiro atoms. The molecule has 2 aromatic carbocycles. The molecule has 2 aliphatic heterocycles. The molecule has 3 heterocycles. The van der Waals surface area contributed by atoms with Gasteiger partial charge in [-0.2, -0.15) is 4.31 Å². The highest BCUT2D eigenvalue weighted by Gasteiger charge is 2.36. The van der Waals surface area contributed by atoms with E-state index >= 15 is 0 Å². The normalized spacial score (nSPS) is 19.6. The van der Waals surface area contributed by atoms with Crippen molar-refractivity contribution in [3.8, 4) is 5.75 Å². The molecule has 3 aromatic rings. The first-order valence-electron chi connectivity index (χ1n) is 12.2. The van der Waals surface area contributed by atoms with Crippen LogP contribution in [-0.2, 0) is 14.8 Å². The van der Waals surface area contributed by atoms with Crippen LogP contribution in [0.1, 0.15) is 19.8 Å². The number of halogens is 1. The third kappa shape index (κ3) is 5.05. The third-order valence-corrected chi connectivity index (χ3v) is 9.66. The van der Waals surface area contributed by atoms with Gasteiger partial charge in [-0.1, -0.05) is 11.3 Å². The zero-order valence-corrected chi connectivity index (χ0v) is 21.7. The van der Waals surface area contributed by atoms with Crippen molar-refractivity contribution in [3.05, 3.63) is 48.3 Å². The topological polar surface area (TPSA) is 83.1 Å². The predicted molar refractivity (Wildman–Crippen MR) is 137 cm³/mol. The lowest BCUT2D eigenvalue weighted by Crippen LogP contribution is -2.53. The Morgan fingerprint density at radius 1 is 1.11 bits per heavy atom. The summed E-state index contributed by atoms with van der Waals surface area (Å²) in [5.41, 5.74) is 0.932. The standard InChI is InChI=1S/C25H29FN4O4S2/c1-2-34-20-7-10-22-23(16-20)35-25(27-22)29-14-12-28(13-15-29)24(31)18-4-3-11-30(17-18)36(32,33)21-8-5-19(26)6-9-21/h5-10,16,18H,2-4,11-15,17H2,1H3. The van der Waals surface area contributed by atoms with Crippen molar-refractivity contribution < 1.29 is 22.3 Å². The first kappa shape index (κ1) is 24.9. The second-order valence-electron chi connectivity index (χ2n) is 9.03. The minimum atomic E-state index is -3.77. The number of ether oxygens (including phenoxy) is 1. The fraction of sp³-hybridized carbons (Fsp3) is 0.440. The van der Waals surface area contributed by atoms with E-state index in [0.717, 1.165) is 33.2 Å². The SMILES string of the molecule is CCOc1ccc2nc(N3CCN(C(=O)C4CCCN(S(=O)(=O)c5ccc(F)cc5)C4)CC3)sc2c1. The number of fused-ring (bicyclic) bond motifs is 1. The lowest BCUT2D eigenvalue weighted by atomic mass is 9.98. The zero-order valence-electron chi connectivity index (χ0n) is 20.1. The van der Waals surface area contributed by atoms with Crippen LogP contribution in [0.15, 0.2) is 47.4 Å². The van der Waals surface area contributed by atoms with Crippen molar-refractivity contribution in [3.63, 3.8) is 0 Å². The van der Waals surface area contributed by atoms with E-state index in [-0.39, 0.29) is 23.3 Å². The van der Waals surface area contributed by atoms with Crippen LogP contribution in [0.5, 0.6) is 5.75 Å². The van der Waals surface area contributed by atoms with E-state index in [1.807, 2.05) is 30.0 Å². The zero-order chi connectivity index (χ0) is 25.3. The van der Waals surface area contributed by atoms with Gasteiger partial charge in [0.25, 0.3) is 0 Å². The number of sulfonamides is 1. The Kier molecular flexibility index (Phi) is 7.14. The first-order valence-corrected chi connectivity index (χ1v) is 14.4. The van der Waals surface area contributed by atoms with E-state index in [1.165, 1.54) is 16.4 Å². The van der Waals surface area contributed by atoms with Gasteiger partial charge in [-0.3, -0.25) is 4.79 Å². The average molecular weight is 533 g/mol. The van der Waals surface area contributed by atoms with E-state index in [2.05, 4.69) is 4.90 Å². The summed E-state index contributed by atoms with van der Waals surface area (Å²) in [6.07, 6.45) is 1.28. The molecule has 1 atom stereocenters. The Balaban J connectivity index is 1.21. The first-order chi connectivity index (χ1) is 17.3. The molecule has 1 amide bonds. The highest BCUT2D eigenvalue weighted by atomic mass is 32.2. The molecule has 2 fully saturated rings. The summed E-state index contributed by atoms with van der Waals surface area (Å²) < 4.78 is 47.3. The Hall–Kier alpha value is -2.76. The molecule has 1 aromatic heterocycles. The van der Waals surface area contributed by atoms with Crippen LogP contribution < -0.4 is 9.64 Å². The van der Waals surface area contributed by atoms with Gasteiger partial charge < -0.3 is 14.5 Å². The molecule has 2 aliphatic rings. The number of thiazole rings is 1. The van der Waals surface area contributed by atoms with Gasteiger partial charge in [-0.05, 0) is 62.2 Å². The number of rotatable bonds is 6. The Bertz CT molecular complexity index is 1340. The molecule has 192 valence electrons. The molecule has 0 N–H and O–H groups in total. The molecule has 2 saturated heterocycles. The van der Waals surface area contributed by atoms with Crippen molar-refractivity contribution in [2.75, 3.05) is 50.8 Å². The van der Waals surface area contributed by atoms with Crippen LogP contribution in [0.25, 0.3) is 10.2 Å². The van der Waals surface area contributed by atoms with Gasteiger partial charge in [-0.15, -0.1) is 0 Å². The number of aromatic nitrogens is 1. The fourth-order valence-electron chi connectivity index (χ4n) is 4.78. The quantitative estimate of drug-likeness (QED) is 0.483. The maximum Gasteiger partial charge on any atom is 0.243 e. The molecule has 8 nitrogen and oxygen atoms in total. The maximum absolute atomic E-state index is 13.3. The van der Waals surface area contributed by atoms with E-state index < -0.39 is 15.8 Å².